The summed E-state index contributed by atoms with van der Waals surface area (Å²) in [5, 5.41) is 27.2. The molecule has 0 spiro atoms. The monoisotopic (exact) mass is 313 g/mol. The Labute approximate surface area is 124 Å². The van der Waals surface area contributed by atoms with E-state index in [-0.39, 0.29) is 34.5 Å². The van der Waals surface area contributed by atoms with E-state index in [1.165, 1.54) is 19.1 Å². The molecule has 0 aliphatic heterocycles. The van der Waals surface area contributed by atoms with Crippen LogP contribution in [0.5, 0.6) is 0 Å². The average Bonchev–Trinajstić information content (AvgIpc) is 2.40. The molecule has 0 fully saturated rings. The number of carbonyl (C=O) groups is 1. The van der Waals surface area contributed by atoms with E-state index in [2.05, 4.69) is 10.2 Å². The number of benzene rings is 1. The topological polar surface area (TPSA) is 114 Å². The number of hydrogen-bond acceptors (Lipinski definition) is 7. The van der Waals surface area contributed by atoms with Gasteiger partial charge in [0.2, 0.25) is 5.70 Å². The number of allylic oxidation sites excluding steroid dienone is 1. The molecule has 112 valence electrons. The summed E-state index contributed by atoms with van der Waals surface area (Å²) < 4.78 is 4.70. The van der Waals surface area contributed by atoms with Crippen molar-refractivity contribution in [2.24, 2.45) is 10.2 Å². The third-order valence-corrected chi connectivity index (χ3v) is 2.51. The number of ether oxygens (including phenoxy) is 1. The van der Waals surface area contributed by atoms with Crippen molar-refractivity contribution in [1.29, 1.82) is 0 Å². The summed E-state index contributed by atoms with van der Waals surface area (Å²) >= 11 is 5.82. The largest absolute Gasteiger partial charge is 0.510 e. The van der Waals surface area contributed by atoms with E-state index >= 15 is 0 Å². The highest BCUT2D eigenvalue weighted by Crippen LogP contribution is 2.29. The highest BCUT2D eigenvalue weighted by Gasteiger charge is 2.15. The Balaban J connectivity index is 3.06. The number of hydrogen-bond donors (Lipinski definition) is 1. The van der Waals surface area contributed by atoms with E-state index in [0.717, 1.165) is 6.07 Å². The molecule has 1 aromatic rings. The third-order valence-electron chi connectivity index (χ3n) is 2.21. The Kier molecular flexibility index (Phi) is 5.79. The number of nitrogens with zero attached hydrogens (tertiary/aromatic N) is 3. The summed E-state index contributed by atoms with van der Waals surface area (Å²) in [7, 11) is 0. The molecule has 21 heavy (non-hydrogen) atoms. The summed E-state index contributed by atoms with van der Waals surface area (Å²) in [5.41, 5.74) is -0.449. The number of aliphatic hydroxyl groups is 1. The van der Waals surface area contributed by atoms with Crippen molar-refractivity contribution in [2.45, 2.75) is 13.8 Å². The molecule has 0 heterocycles. The summed E-state index contributed by atoms with van der Waals surface area (Å²) in [6.45, 7) is 2.97. The van der Waals surface area contributed by atoms with Crippen LogP contribution in [0.4, 0.5) is 11.4 Å². The van der Waals surface area contributed by atoms with Gasteiger partial charge in [0.25, 0.3) is 5.69 Å². The second-order valence-corrected chi connectivity index (χ2v) is 4.15. The second-order valence-electron chi connectivity index (χ2n) is 3.75. The van der Waals surface area contributed by atoms with Gasteiger partial charge in [0.1, 0.15) is 11.4 Å². The van der Waals surface area contributed by atoms with Gasteiger partial charge in [0.15, 0.2) is 0 Å². The number of esters is 1. The minimum absolute atomic E-state index is 0.00764. The lowest BCUT2D eigenvalue weighted by Crippen LogP contribution is -2.07. The van der Waals surface area contributed by atoms with Crippen molar-refractivity contribution in [3.8, 4) is 0 Å². The number of nitro groups is 1. The van der Waals surface area contributed by atoms with Crippen molar-refractivity contribution in [2.75, 3.05) is 6.61 Å². The molecule has 0 atom stereocenters. The van der Waals surface area contributed by atoms with Crippen molar-refractivity contribution < 1.29 is 19.6 Å². The van der Waals surface area contributed by atoms with Gasteiger partial charge in [-0.1, -0.05) is 11.6 Å². The number of halogens is 1. The first-order chi connectivity index (χ1) is 9.86. The normalized spacial score (nSPS) is 12.1. The Morgan fingerprint density at radius 1 is 1.52 bits per heavy atom. The van der Waals surface area contributed by atoms with Gasteiger partial charge in [-0.3, -0.25) is 10.1 Å². The number of rotatable bonds is 5. The van der Waals surface area contributed by atoms with Crippen LogP contribution in [0.25, 0.3) is 0 Å². The predicted molar refractivity (Wildman–Crippen MR) is 74.6 cm³/mol. The van der Waals surface area contributed by atoms with Gasteiger partial charge in [-0.25, -0.2) is 4.79 Å². The summed E-state index contributed by atoms with van der Waals surface area (Å²) in [5.74, 6) is -1.20. The van der Waals surface area contributed by atoms with E-state index < -0.39 is 10.9 Å². The van der Waals surface area contributed by atoms with Crippen LogP contribution in [0, 0.1) is 10.1 Å². The molecular weight excluding hydrogens is 302 g/mol. The zero-order chi connectivity index (χ0) is 16.0. The highest BCUT2D eigenvalue weighted by molar-refractivity contribution is 6.33. The molecule has 0 bridgehead atoms. The van der Waals surface area contributed by atoms with Crippen LogP contribution in [0.2, 0.25) is 5.02 Å². The van der Waals surface area contributed by atoms with Crippen LogP contribution >= 0.6 is 11.6 Å². The van der Waals surface area contributed by atoms with Crippen LogP contribution in [-0.2, 0) is 9.53 Å². The SMILES string of the molecule is CCOC(=O)/C(N=Nc1ccc([N+](=O)[O-])cc1Cl)=C(\C)O. The first-order valence-corrected chi connectivity index (χ1v) is 6.17. The highest BCUT2D eigenvalue weighted by atomic mass is 35.5. The van der Waals surface area contributed by atoms with Crippen molar-refractivity contribution >= 4 is 28.9 Å². The molecule has 0 radical (unpaired) electrons. The number of carbonyl (C=O) groups excluding carboxylic acids is 1. The molecule has 0 amide bonds. The molecule has 1 N–H and O–H groups in total. The first-order valence-electron chi connectivity index (χ1n) is 5.79. The van der Waals surface area contributed by atoms with Gasteiger partial charge >= 0.3 is 5.97 Å². The standard InChI is InChI=1S/C12H12ClN3O5/c1-3-21-12(18)11(7(2)17)15-14-10-5-4-8(16(19)20)6-9(10)13/h4-6,17H,3H2,1-2H3/b11-7-,15-14?. The smallest absolute Gasteiger partial charge is 0.362 e. The molecule has 9 heteroatoms. The minimum Gasteiger partial charge on any atom is -0.510 e. The van der Waals surface area contributed by atoms with Crippen molar-refractivity contribution in [1.82, 2.24) is 0 Å². The average molecular weight is 314 g/mol. The molecule has 0 aromatic heterocycles. The van der Waals surface area contributed by atoms with Gasteiger partial charge in [-0.05, 0) is 19.9 Å². The fourth-order valence-corrected chi connectivity index (χ4v) is 1.47. The maximum atomic E-state index is 11.5. The van der Waals surface area contributed by atoms with Crippen molar-refractivity contribution in [3.63, 3.8) is 0 Å². The predicted octanol–water partition coefficient (Wildman–Crippen LogP) is 3.68. The van der Waals surface area contributed by atoms with E-state index in [1.807, 2.05) is 0 Å². The lowest BCUT2D eigenvalue weighted by molar-refractivity contribution is -0.384. The van der Waals surface area contributed by atoms with Crippen LogP contribution in [0.1, 0.15) is 13.8 Å². The Bertz CT molecular complexity index is 623. The molecule has 1 aromatic carbocycles. The maximum absolute atomic E-state index is 11.5. The Morgan fingerprint density at radius 3 is 2.67 bits per heavy atom. The van der Waals surface area contributed by atoms with E-state index in [9.17, 15) is 20.0 Å². The van der Waals surface area contributed by atoms with Gasteiger partial charge in [0, 0.05) is 12.1 Å². The molecule has 0 saturated carbocycles. The zero-order valence-electron chi connectivity index (χ0n) is 11.2. The van der Waals surface area contributed by atoms with Gasteiger partial charge in [0.05, 0.1) is 16.6 Å². The van der Waals surface area contributed by atoms with Crippen molar-refractivity contribution in [3.05, 3.63) is 44.8 Å². The van der Waals surface area contributed by atoms with Gasteiger partial charge in [-0.15, -0.1) is 10.2 Å². The maximum Gasteiger partial charge on any atom is 0.362 e. The second kappa shape index (κ2) is 7.34. The Hall–Kier alpha value is -2.48. The summed E-state index contributed by atoms with van der Waals surface area (Å²) in [6.07, 6.45) is 0. The van der Waals surface area contributed by atoms with E-state index in [4.69, 9.17) is 16.3 Å². The third kappa shape index (κ3) is 4.53. The fraction of sp³-hybridized carbons (Fsp3) is 0.250. The summed E-state index contributed by atoms with van der Waals surface area (Å²) in [6, 6.07) is 3.58. The lowest BCUT2D eigenvalue weighted by Gasteiger charge is -2.02. The quantitative estimate of drug-likeness (QED) is 0.222. The van der Waals surface area contributed by atoms with Gasteiger partial charge in [-0.2, -0.15) is 0 Å². The molecule has 0 aliphatic carbocycles. The lowest BCUT2D eigenvalue weighted by atomic mass is 10.3. The van der Waals surface area contributed by atoms with Crippen LogP contribution in [-0.4, -0.2) is 22.6 Å². The van der Waals surface area contributed by atoms with Crippen LogP contribution < -0.4 is 0 Å². The molecule has 0 saturated heterocycles. The number of non-ortho nitro benzene ring substituents is 1. The van der Waals surface area contributed by atoms with E-state index in [1.54, 1.807) is 6.92 Å². The molecule has 8 nitrogen and oxygen atoms in total. The molecule has 0 aliphatic rings. The molecule has 1 rings (SSSR count). The van der Waals surface area contributed by atoms with Crippen LogP contribution in [0.3, 0.4) is 0 Å². The Morgan fingerprint density at radius 2 is 2.19 bits per heavy atom. The molecule has 0 unspecified atom stereocenters. The molecular formula is C12H12ClN3O5. The zero-order valence-corrected chi connectivity index (χ0v) is 12.0. The first kappa shape index (κ1) is 16.6. The number of nitro benzene ring substituents is 1. The van der Waals surface area contributed by atoms with Crippen LogP contribution in [0.15, 0.2) is 39.9 Å². The minimum atomic E-state index is -0.834. The number of azo groups is 1. The summed E-state index contributed by atoms with van der Waals surface area (Å²) in [4.78, 5) is 21.5. The fourth-order valence-electron chi connectivity index (χ4n) is 1.25. The number of aliphatic hydroxyl groups excluding tert-OH is 1. The van der Waals surface area contributed by atoms with E-state index in [0.29, 0.717) is 0 Å². The van der Waals surface area contributed by atoms with Gasteiger partial charge < -0.3 is 9.84 Å².